The molecule has 0 unspecified atom stereocenters. The summed E-state index contributed by atoms with van der Waals surface area (Å²) in [6, 6.07) is 16.2. The predicted octanol–water partition coefficient (Wildman–Crippen LogP) is 4.78. The van der Waals surface area contributed by atoms with Gasteiger partial charge in [-0.3, -0.25) is 9.52 Å². The van der Waals surface area contributed by atoms with Crippen LogP contribution in [0.2, 0.25) is 5.02 Å². The first-order valence-corrected chi connectivity index (χ1v) is 11.5. The van der Waals surface area contributed by atoms with Crippen molar-refractivity contribution in [2.75, 3.05) is 23.8 Å². The molecule has 0 saturated carbocycles. The number of sulfonamides is 1. The number of aryl methyl sites for hydroxylation is 2. The topological polar surface area (TPSA) is 93.7 Å². The van der Waals surface area contributed by atoms with E-state index in [1.165, 1.54) is 25.3 Å². The Balaban J connectivity index is 1.65. The fraction of sp³-hybridized carbons (Fsp3) is 0.174. The monoisotopic (exact) mass is 474 g/mol. The molecule has 0 aliphatic carbocycles. The molecule has 0 radical (unpaired) electrons. The summed E-state index contributed by atoms with van der Waals surface area (Å²) in [5, 5.41) is 2.89. The molecule has 0 saturated heterocycles. The highest BCUT2D eigenvalue weighted by Gasteiger charge is 2.17. The lowest BCUT2D eigenvalue weighted by Gasteiger charge is -2.13. The third-order valence-corrected chi connectivity index (χ3v) is 6.33. The Bertz CT molecular complexity index is 1210. The van der Waals surface area contributed by atoms with E-state index in [1.807, 2.05) is 32.0 Å². The van der Waals surface area contributed by atoms with Crippen LogP contribution < -0.4 is 19.5 Å². The molecule has 0 bridgehead atoms. The number of methoxy groups -OCH3 is 1. The fourth-order valence-corrected chi connectivity index (χ4v) is 4.35. The van der Waals surface area contributed by atoms with Crippen molar-refractivity contribution in [3.63, 3.8) is 0 Å². The molecule has 9 heteroatoms. The average Bonchev–Trinajstić information content (AvgIpc) is 2.76. The van der Waals surface area contributed by atoms with Crippen LogP contribution in [-0.2, 0) is 14.8 Å². The van der Waals surface area contributed by atoms with Crippen molar-refractivity contribution in [3.8, 4) is 11.5 Å². The zero-order chi connectivity index (χ0) is 23.3. The first-order valence-electron chi connectivity index (χ1n) is 9.65. The van der Waals surface area contributed by atoms with Gasteiger partial charge in [-0.2, -0.15) is 0 Å². The molecule has 32 heavy (non-hydrogen) atoms. The molecule has 3 aromatic carbocycles. The highest BCUT2D eigenvalue weighted by Crippen LogP contribution is 2.29. The minimum absolute atomic E-state index is 0.0364. The van der Waals surface area contributed by atoms with Crippen LogP contribution >= 0.6 is 11.6 Å². The third kappa shape index (κ3) is 5.72. The van der Waals surface area contributed by atoms with E-state index in [2.05, 4.69) is 10.0 Å². The maximum atomic E-state index is 12.6. The summed E-state index contributed by atoms with van der Waals surface area (Å²) in [5.41, 5.74) is 2.99. The van der Waals surface area contributed by atoms with Gasteiger partial charge in [0.2, 0.25) is 0 Å². The largest absolute Gasteiger partial charge is 0.497 e. The van der Waals surface area contributed by atoms with Gasteiger partial charge in [-0.1, -0.05) is 29.8 Å². The lowest BCUT2D eigenvalue weighted by Crippen LogP contribution is -2.21. The van der Waals surface area contributed by atoms with Crippen LogP contribution in [0.4, 0.5) is 11.4 Å². The third-order valence-electron chi connectivity index (χ3n) is 4.66. The molecular weight excluding hydrogens is 452 g/mol. The van der Waals surface area contributed by atoms with Crippen LogP contribution in [0.3, 0.4) is 0 Å². The number of carbonyl (C=O) groups is 1. The maximum absolute atomic E-state index is 12.6. The standard InChI is InChI=1S/C23H23ClN2O5S/c1-15-5-4-6-16(2)23(15)25-22(27)14-31-21-12-11-19(13-20(21)24)32(28,29)26-17-7-9-18(30-3)10-8-17/h4-13,26H,14H2,1-3H3,(H,25,27). The Morgan fingerprint density at radius 2 is 1.66 bits per heavy atom. The zero-order valence-electron chi connectivity index (χ0n) is 17.8. The molecule has 0 heterocycles. The summed E-state index contributed by atoms with van der Waals surface area (Å²) in [6.45, 7) is 3.53. The highest BCUT2D eigenvalue weighted by atomic mass is 35.5. The van der Waals surface area contributed by atoms with Crippen molar-refractivity contribution in [2.45, 2.75) is 18.7 Å². The number of ether oxygens (including phenoxy) is 2. The van der Waals surface area contributed by atoms with Crippen LogP contribution in [-0.4, -0.2) is 28.0 Å². The first kappa shape index (κ1) is 23.4. The van der Waals surface area contributed by atoms with Gasteiger partial charge in [0, 0.05) is 11.4 Å². The first-order chi connectivity index (χ1) is 15.2. The van der Waals surface area contributed by atoms with Gasteiger partial charge in [-0.05, 0) is 67.4 Å². The Kier molecular flexibility index (Phi) is 7.27. The number of para-hydroxylation sites is 1. The van der Waals surface area contributed by atoms with Gasteiger partial charge >= 0.3 is 0 Å². The van der Waals surface area contributed by atoms with Gasteiger partial charge in [0.1, 0.15) is 11.5 Å². The molecular formula is C23H23ClN2O5S. The molecule has 3 rings (SSSR count). The second kappa shape index (κ2) is 9.93. The van der Waals surface area contributed by atoms with E-state index in [4.69, 9.17) is 21.1 Å². The number of halogens is 1. The quantitative estimate of drug-likeness (QED) is 0.490. The number of nitrogens with one attached hydrogen (secondary N) is 2. The molecule has 1 amide bonds. The van der Waals surface area contributed by atoms with Crippen LogP contribution in [0.15, 0.2) is 65.6 Å². The average molecular weight is 475 g/mol. The van der Waals surface area contributed by atoms with Gasteiger partial charge in [-0.25, -0.2) is 8.42 Å². The zero-order valence-corrected chi connectivity index (χ0v) is 19.4. The molecule has 3 aromatic rings. The maximum Gasteiger partial charge on any atom is 0.262 e. The van der Waals surface area contributed by atoms with Gasteiger partial charge in [0.25, 0.3) is 15.9 Å². The lowest BCUT2D eigenvalue weighted by molar-refractivity contribution is -0.118. The van der Waals surface area contributed by atoms with Crippen LogP contribution in [0, 0.1) is 13.8 Å². The van der Waals surface area contributed by atoms with Crippen LogP contribution in [0.1, 0.15) is 11.1 Å². The van der Waals surface area contributed by atoms with Gasteiger partial charge < -0.3 is 14.8 Å². The van der Waals surface area contributed by atoms with Gasteiger partial charge in [0.15, 0.2) is 6.61 Å². The highest BCUT2D eigenvalue weighted by molar-refractivity contribution is 7.92. The number of rotatable bonds is 8. The molecule has 2 N–H and O–H groups in total. The minimum Gasteiger partial charge on any atom is -0.497 e. The van der Waals surface area contributed by atoms with E-state index in [-0.39, 0.29) is 28.2 Å². The van der Waals surface area contributed by atoms with Gasteiger partial charge in [0.05, 0.1) is 17.0 Å². The summed E-state index contributed by atoms with van der Waals surface area (Å²) in [7, 11) is -2.34. The number of hydrogen-bond acceptors (Lipinski definition) is 5. The molecule has 0 aromatic heterocycles. The number of hydrogen-bond donors (Lipinski definition) is 2. The van der Waals surface area contributed by atoms with Crippen molar-refractivity contribution in [3.05, 3.63) is 76.8 Å². The number of benzene rings is 3. The van der Waals surface area contributed by atoms with Crippen molar-refractivity contribution >= 4 is 38.9 Å². The Hall–Kier alpha value is -3.23. The van der Waals surface area contributed by atoms with E-state index in [9.17, 15) is 13.2 Å². The SMILES string of the molecule is COc1ccc(NS(=O)(=O)c2ccc(OCC(=O)Nc3c(C)cccc3C)c(Cl)c2)cc1. The normalized spacial score (nSPS) is 11.0. The summed E-state index contributed by atoms with van der Waals surface area (Å²) in [5.74, 6) is 0.460. The predicted molar refractivity (Wildman–Crippen MR) is 125 cm³/mol. The van der Waals surface area contributed by atoms with E-state index in [0.717, 1.165) is 16.8 Å². The fourth-order valence-electron chi connectivity index (χ4n) is 2.97. The van der Waals surface area contributed by atoms with Gasteiger partial charge in [-0.15, -0.1) is 0 Å². The Morgan fingerprint density at radius 1 is 1.00 bits per heavy atom. The lowest BCUT2D eigenvalue weighted by atomic mass is 10.1. The second-order valence-corrected chi connectivity index (χ2v) is 9.12. The summed E-state index contributed by atoms with van der Waals surface area (Å²) >= 11 is 6.21. The van der Waals surface area contributed by atoms with Crippen LogP contribution in [0.25, 0.3) is 0 Å². The molecule has 7 nitrogen and oxygen atoms in total. The van der Waals surface area contributed by atoms with E-state index < -0.39 is 10.0 Å². The molecule has 0 spiro atoms. The minimum atomic E-state index is -3.86. The van der Waals surface area contributed by atoms with Crippen molar-refractivity contribution < 1.29 is 22.7 Å². The number of carbonyl (C=O) groups excluding carboxylic acids is 1. The Morgan fingerprint density at radius 3 is 2.25 bits per heavy atom. The number of anilines is 2. The molecule has 0 fully saturated rings. The summed E-state index contributed by atoms with van der Waals surface area (Å²) < 4.78 is 38.3. The molecule has 0 atom stereocenters. The van der Waals surface area contributed by atoms with E-state index in [0.29, 0.717) is 11.4 Å². The Labute approximate surface area is 192 Å². The molecule has 168 valence electrons. The summed E-state index contributed by atoms with van der Waals surface area (Å²) in [6.07, 6.45) is 0. The number of amides is 1. The second-order valence-electron chi connectivity index (χ2n) is 7.03. The summed E-state index contributed by atoms with van der Waals surface area (Å²) in [4.78, 5) is 12.2. The van der Waals surface area contributed by atoms with E-state index in [1.54, 1.807) is 24.3 Å². The van der Waals surface area contributed by atoms with Crippen molar-refractivity contribution in [1.82, 2.24) is 0 Å². The molecule has 0 aliphatic heterocycles. The van der Waals surface area contributed by atoms with E-state index >= 15 is 0 Å². The van der Waals surface area contributed by atoms with Crippen molar-refractivity contribution in [1.29, 1.82) is 0 Å². The van der Waals surface area contributed by atoms with Crippen LogP contribution in [0.5, 0.6) is 11.5 Å². The van der Waals surface area contributed by atoms with Crippen molar-refractivity contribution in [2.24, 2.45) is 0 Å². The molecule has 0 aliphatic rings. The smallest absolute Gasteiger partial charge is 0.262 e.